The van der Waals surface area contributed by atoms with Gasteiger partial charge in [0.25, 0.3) is 10.2 Å². The van der Waals surface area contributed by atoms with Crippen LogP contribution in [0, 0.1) is 0 Å². The van der Waals surface area contributed by atoms with Gasteiger partial charge in [0.1, 0.15) is 0 Å². The van der Waals surface area contributed by atoms with Crippen molar-refractivity contribution < 1.29 is 13.2 Å². The predicted molar refractivity (Wildman–Crippen MR) is 90.4 cm³/mol. The number of nitrogens with one attached hydrogen (secondary N) is 1. The summed E-state index contributed by atoms with van der Waals surface area (Å²) in [5.41, 5.74) is 5.99. The number of hydrogen-bond acceptors (Lipinski definition) is 4. The van der Waals surface area contributed by atoms with Gasteiger partial charge in [-0.3, -0.25) is 0 Å². The highest BCUT2D eigenvalue weighted by Gasteiger charge is 2.35. The van der Waals surface area contributed by atoms with Crippen molar-refractivity contribution in [2.75, 3.05) is 19.7 Å². The Hall–Kier alpha value is 0.0800. The zero-order chi connectivity index (χ0) is 15.5. The van der Waals surface area contributed by atoms with Crippen LogP contribution in [0.3, 0.4) is 0 Å². The van der Waals surface area contributed by atoms with Crippen LogP contribution >= 0.6 is 12.4 Å². The van der Waals surface area contributed by atoms with Crippen molar-refractivity contribution in [1.82, 2.24) is 9.03 Å². The van der Waals surface area contributed by atoms with Gasteiger partial charge < -0.3 is 10.5 Å². The molecule has 132 valence electrons. The van der Waals surface area contributed by atoms with Crippen LogP contribution in [0.4, 0.5) is 0 Å². The van der Waals surface area contributed by atoms with Crippen molar-refractivity contribution >= 4 is 22.6 Å². The molecule has 1 aliphatic heterocycles. The Morgan fingerprint density at radius 1 is 1.23 bits per heavy atom. The third kappa shape index (κ3) is 5.32. The van der Waals surface area contributed by atoms with E-state index in [9.17, 15) is 8.42 Å². The van der Waals surface area contributed by atoms with Crippen molar-refractivity contribution in [3.63, 3.8) is 0 Å². The van der Waals surface area contributed by atoms with Gasteiger partial charge in [0.05, 0.1) is 12.7 Å². The Balaban J connectivity index is 0.00000242. The van der Waals surface area contributed by atoms with Gasteiger partial charge in [-0.1, -0.05) is 25.7 Å². The molecule has 1 heterocycles. The van der Waals surface area contributed by atoms with Crippen molar-refractivity contribution in [3.05, 3.63) is 0 Å². The van der Waals surface area contributed by atoms with Gasteiger partial charge in [-0.15, -0.1) is 12.4 Å². The molecule has 0 bridgehead atoms. The molecule has 0 aromatic rings. The molecule has 2 rings (SSSR count). The molecule has 8 heteroatoms. The summed E-state index contributed by atoms with van der Waals surface area (Å²) in [6.07, 6.45) is 6.29. The summed E-state index contributed by atoms with van der Waals surface area (Å²) in [6, 6.07) is -0.137. The van der Waals surface area contributed by atoms with E-state index >= 15 is 0 Å². The highest BCUT2D eigenvalue weighted by molar-refractivity contribution is 7.87. The number of nitrogens with zero attached hydrogens (tertiary/aromatic N) is 1. The smallest absolute Gasteiger partial charge is 0.279 e. The van der Waals surface area contributed by atoms with Crippen LogP contribution in [0.15, 0.2) is 0 Å². The maximum Gasteiger partial charge on any atom is 0.279 e. The Morgan fingerprint density at radius 2 is 1.82 bits per heavy atom. The Bertz CT molecular complexity index is 439. The summed E-state index contributed by atoms with van der Waals surface area (Å²) >= 11 is 0. The van der Waals surface area contributed by atoms with E-state index in [2.05, 4.69) is 4.72 Å². The minimum Gasteiger partial charge on any atom is -0.375 e. The first-order valence-corrected chi connectivity index (χ1v) is 9.43. The molecule has 1 saturated carbocycles. The van der Waals surface area contributed by atoms with E-state index in [-0.39, 0.29) is 24.6 Å². The predicted octanol–water partition coefficient (Wildman–Crippen LogP) is 1.40. The Morgan fingerprint density at radius 3 is 2.41 bits per heavy atom. The molecule has 1 aliphatic carbocycles. The molecule has 2 aliphatic rings. The molecule has 2 unspecified atom stereocenters. The molecule has 2 atom stereocenters. The average molecular weight is 356 g/mol. The lowest BCUT2D eigenvalue weighted by Gasteiger charge is -2.37. The molecular formula is C14H30ClN3O3S. The van der Waals surface area contributed by atoms with E-state index in [0.29, 0.717) is 19.7 Å². The molecule has 22 heavy (non-hydrogen) atoms. The third-order valence-electron chi connectivity index (χ3n) is 4.57. The highest BCUT2D eigenvalue weighted by atomic mass is 35.5. The van der Waals surface area contributed by atoms with Gasteiger partial charge in [-0.2, -0.15) is 12.7 Å². The summed E-state index contributed by atoms with van der Waals surface area (Å²) in [5.74, 6) is 0. The molecule has 6 nitrogen and oxygen atoms in total. The minimum absolute atomic E-state index is 0. The van der Waals surface area contributed by atoms with Crippen LogP contribution in [0.1, 0.15) is 52.4 Å². The maximum atomic E-state index is 12.5. The second-order valence-electron chi connectivity index (χ2n) is 6.67. The molecule has 0 radical (unpaired) electrons. The Labute approximate surface area is 140 Å². The van der Waals surface area contributed by atoms with Gasteiger partial charge in [-0.05, 0) is 26.7 Å². The molecule has 0 aromatic heterocycles. The topological polar surface area (TPSA) is 84.7 Å². The molecule has 0 aromatic carbocycles. The van der Waals surface area contributed by atoms with Crippen molar-refractivity contribution in [3.8, 4) is 0 Å². The number of morpholine rings is 1. The lowest BCUT2D eigenvalue weighted by molar-refractivity contribution is -0.0175. The molecule has 0 spiro atoms. The highest BCUT2D eigenvalue weighted by Crippen LogP contribution is 2.25. The number of hydrogen-bond donors (Lipinski definition) is 2. The van der Waals surface area contributed by atoms with Gasteiger partial charge in [-0.25, -0.2) is 4.72 Å². The van der Waals surface area contributed by atoms with Crippen LogP contribution in [-0.4, -0.2) is 50.1 Å². The summed E-state index contributed by atoms with van der Waals surface area (Å²) in [7, 11) is -3.49. The second-order valence-corrected chi connectivity index (χ2v) is 8.37. The average Bonchev–Trinajstić information content (AvgIpc) is 2.65. The fourth-order valence-electron chi connectivity index (χ4n) is 3.14. The first-order valence-electron chi connectivity index (χ1n) is 7.99. The minimum atomic E-state index is -3.49. The van der Waals surface area contributed by atoms with E-state index in [1.165, 1.54) is 17.1 Å². The summed E-state index contributed by atoms with van der Waals surface area (Å²) < 4.78 is 34.8. The zero-order valence-corrected chi connectivity index (χ0v) is 15.2. The number of halogens is 1. The molecule has 3 N–H and O–H groups in total. The first kappa shape index (κ1) is 20.1. The van der Waals surface area contributed by atoms with E-state index in [4.69, 9.17) is 10.5 Å². The van der Waals surface area contributed by atoms with Gasteiger partial charge in [0.15, 0.2) is 0 Å². The number of rotatable bonds is 4. The standard InChI is InChI=1S/C14H29N3O3S.ClH/c1-12-10-20-13(2)9-17(12)21(18,19)16-11-14(15)7-5-3-4-6-8-14;/h12-13,16H,3-11,15H2,1-2H3;1H. The van der Waals surface area contributed by atoms with E-state index in [1.807, 2.05) is 13.8 Å². The summed E-state index contributed by atoms with van der Waals surface area (Å²) in [5, 5.41) is 0. The van der Waals surface area contributed by atoms with Crippen LogP contribution in [0.25, 0.3) is 0 Å². The molecular weight excluding hydrogens is 326 g/mol. The SMILES string of the molecule is CC1CN(S(=O)(=O)NCC2(N)CCCCCC2)C(C)CO1.Cl. The quantitative estimate of drug-likeness (QED) is 0.746. The van der Waals surface area contributed by atoms with Gasteiger partial charge >= 0.3 is 0 Å². The van der Waals surface area contributed by atoms with Gasteiger partial charge in [0, 0.05) is 24.7 Å². The van der Waals surface area contributed by atoms with Crippen molar-refractivity contribution in [1.29, 1.82) is 0 Å². The molecule has 2 fully saturated rings. The fraction of sp³-hybridized carbons (Fsp3) is 1.00. The lowest BCUT2D eigenvalue weighted by atomic mass is 9.92. The summed E-state index contributed by atoms with van der Waals surface area (Å²) in [4.78, 5) is 0. The van der Waals surface area contributed by atoms with E-state index in [0.717, 1.165) is 25.7 Å². The number of ether oxygens (including phenoxy) is 1. The van der Waals surface area contributed by atoms with Crippen LogP contribution in [0.2, 0.25) is 0 Å². The van der Waals surface area contributed by atoms with Crippen molar-refractivity contribution in [2.45, 2.75) is 70.1 Å². The van der Waals surface area contributed by atoms with E-state index in [1.54, 1.807) is 0 Å². The normalized spacial score (nSPS) is 30.3. The summed E-state index contributed by atoms with van der Waals surface area (Å²) in [6.45, 7) is 4.93. The largest absolute Gasteiger partial charge is 0.375 e. The lowest BCUT2D eigenvalue weighted by Crippen LogP contribution is -2.57. The monoisotopic (exact) mass is 355 g/mol. The Kier molecular flexibility index (Phi) is 7.56. The number of nitrogens with two attached hydrogens (primary N) is 1. The van der Waals surface area contributed by atoms with Gasteiger partial charge in [0.2, 0.25) is 0 Å². The van der Waals surface area contributed by atoms with Crippen LogP contribution < -0.4 is 10.5 Å². The third-order valence-corrected chi connectivity index (χ3v) is 6.20. The van der Waals surface area contributed by atoms with Crippen LogP contribution in [0.5, 0.6) is 0 Å². The first-order chi connectivity index (χ1) is 9.82. The van der Waals surface area contributed by atoms with Crippen molar-refractivity contribution in [2.24, 2.45) is 5.73 Å². The van der Waals surface area contributed by atoms with Crippen LogP contribution in [-0.2, 0) is 14.9 Å². The molecule has 1 saturated heterocycles. The fourth-order valence-corrected chi connectivity index (χ4v) is 4.71. The second kappa shape index (κ2) is 8.26. The zero-order valence-electron chi connectivity index (χ0n) is 13.6. The molecule has 0 amide bonds. The van der Waals surface area contributed by atoms with E-state index < -0.39 is 15.7 Å². The maximum absolute atomic E-state index is 12.5.